The van der Waals surface area contributed by atoms with Gasteiger partial charge in [-0.05, 0) is 148 Å². The second kappa shape index (κ2) is 55.1. The van der Waals surface area contributed by atoms with Gasteiger partial charge in [-0.15, -0.1) is 0 Å². The number of carbonyl (C=O) groups is 17. The summed E-state index contributed by atoms with van der Waals surface area (Å²) in [6, 6.07) is -19.5. The molecule has 1 fully saturated rings. The summed E-state index contributed by atoms with van der Waals surface area (Å²) in [5, 5.41) is 95.4. The Bertz CT molecular complexity index is 3780. The molecule has 0 spiro atoms. The number of rotatable bonds is 57. The van der Waals surface area contributed by atoms with E-state index in [1.165, 1.54) is 38.1 Å². The molecule has 1 aromatic carbocycles. The number of unbranched alkanes of at least 4 members (excludes halogenated alkanes) is 1. The number of carbonyl (C=O) groups excluding carboxylic acids is 16. The Morgan fingerprint density at radius 2 is 0.935 bits per heavy atom. The third-order valence-electron chi connectivity index (χ3n) is 19.9. The third-order valence-corrected chi connectivity index (χ3v) is 20.6. The summed E-state index contributed by atoms with van der Waals surface area (Å²) in [7, 11) is 0. The van der Waals surface area contributed by atoms with Crippen molar-refractivity contribution < 1.29 is 107 Å². The molecule has 124 heavy (non-hydrogen) atoms. The zero-order valence-corrected chi connectivity index (χ0v) is 72.8. The Balaban J connectivity index is 2.38. The van der Waals surface area contributed by atoms with Gasteiger partial charge in [-0.3, -0.25) is 82.1 Å². The number of thiol groups is 2. The molecule has 2 rings (SSSR count). The number of β-amino-alcohol motifs (C(OH)–C–C–N with tert-alkyl or cyclic N) is 1. The lowest BCUT2D eigenvalue weighted by Crippen LogP contribution is -2.63. The van der Waals surface area contributed by atoms with Crippen LogP contribution in [-0.2, 0) is 87.9 Å². The molecule has 0 bridgehead atoms. The van der Waals surface area contributed by atoms with E-state index in [4.69, 9.17) is 51.3 Å². The van der Waals surface area contributed by atoms with Gasteiger partial charge in [-0.2, -0.15) is 25.3 Å². The van der Waals surface area contributed by atoms with Crippen molar-refractivity contribution in [3.8, 4) is 5.75 Å². The van der Waals surface area contributed by atoms with Crippen LogP contribution in [0.5, 0.6) is 5.75 Å². The predicted molar refractivity (Wildman–Crippen MR) is 457 cm³/mol. The molecule has 1 aliphatic rings. The van der Waals surface area contributed by atoms with E-state index < -0.39 is 245 Å². The lowest BCUT2D eigenvalue weighted by atomic mass is 9.95. The SMILES string of the molecule is CC[C@H](C)[C@H](NC(=O)[C@@H]1C[C@@H](O)CN1C(=O)[C@@H](N)C(C)C)C(=O)N[C@H](C(=O)N[C@@H](C)C(=O)N[C@@H](CO)C(=O)N[C@@H](CC(N)=O)C(=O)N[C@@H](CCCNC(=N)N)C(=O)N[C@@H](CCN)C(=O)N[C@H](C(=O)N[C@H](CCN)C(=O)N[C@@H](CCCCN)C(=O)N[C@@H](CCN)C(=O)N[C@@H](CCN)C(=O)N[C@@H](CS)C(=O)N[C@@H](Cc1ccc(O)cc1)C(=O)O)[C@@H](C)O)C(C)(C)S. The predicted octanol–water partition coefficient (Wildman–Crippen LogP) is -11.5. The average Bonchev–Trinajstić information content (AvgIpc) is 1.64. The van der Waals surface area contributed by atoms with Crippen molar-refractivity contribution in [1.29, 1.82) is 5.41 Å². The molecule has 0 aromatic heterocycles. The molecule has 1 heterocycles. The minimum atomic E-state index is -1.99. The molecule has 1 saturated heterocycles. The van der Waals surface area contributed by atoms with Crippen molar-refractivity contribution >= 4 is 132 Å². The third kappa shape index (κ3) is 37.2. The van der Waals surface area contributed by atoms with Crippen molar-refractivity contribution in [2.45, 2.75) is 252 Å². The molecule has 0 unspecified atom stereocenters. The van der Waals surface area contributed by atoms with Crippen molar-refractivity contribution in [3.63, 3.8) is 0 Å². The number of nitrogens with two attached hydrogens (primary N) is 8. The molecule has 19 atom stereocenters. The average molecular weight is 1800 g/mol. The fourth-order valence-corrected chi connectivity index (χ4v) is 12.9. The molecular formula is C75H131N25O22S2. The van der Waals surface area contributed by atoms with E-state index in [0.29, 0.717) is 18.4 Å². The number of guanidine groups is 1. The van der Waals surface area contributed by atoms with Gasteiger partial charge in [0, 0.05) is 36.4 Å². The van der Waals surface area contributed by atoms with Crippen LogP contribution in [0.3, 0.4) is 0 Å². The molecule has 16 amide bonds. The fourth-order valence-electron chi connectivity index (χ4n) is 12.5. The maximum Gasteiger partial charge on any atom is 0.326 e. The van der Waals surface area contributed by atoms with Gasteiger partial charge in [0.05, 0.1) is 31.3 Å². The summed E-state index contributed by atoms with van der Waals surface area (Å²) in [4.78, 5) is 236. The van der Waals surface area contributed by atoms with Crippen molar-refractivity contribution in [1.82, 2.24) is 84.7 Å². The first-order valence-electron chi connectivity index (χ1n) is 40.7. The zero-order chi connectivity index (χ0) is 94.2. The summed E-state index contributed by atoms with van der Waals surface area (Å²) >= 11 is 8.69. The molecule has 37 N–H and O–H groups in total. The highest BCUT2D eigenvalue weighted by Crippen LogP contribution is 2.24. The number of likely N-dealkylation sites (tertiary alicyclic amines) is 1. The Morgan fingerprint density at radius 1 is 0.524 bits per heavy atom. The Labute approximate surface area is 729 Å². The number of aliphatic hydroxyl groups is 3. The molecular weight excluding hydrogens is 1670 g/mol. The van der Waals surface area contributed by atoms with Crippen molar-refractivity contribution in [3.05, 3.63) is 29.8 Å². The number of benzene rings is 1. The van der Waals surface area contributed by atoms with Gasteiger partial charge in [0.25, 0.3) is 0 Å². The Morgan fingerprint density at radius 3 is 1.35 bits per heavy atom. The summed E-state index contributed by atoms with van der Waals surface area (Å²) in [5.41, 5.74) is 46.8. The molecule has 47 nitrogen and oxygen atoms in total. The van der Waals surface area contributed by atoms with Crippen LogP contribution in [0.4, 0.5) is 0 Å². The summed E-state index contributed by atoms with van der Waals surface area (Å²) in [5.74, 6) is -19.9. The molecule has 700 valence electrons. The number of hydrogen-bond acceptors (Lipinski definition) is 30. The summed E-state index contributed by atoms with van der Waals surface area (Å²) < 4.78 is -1.40. The van der Waals surface area contributed by atoms with Crippen molar-refractivity contribution in [2.75, 3.05) is 58.2 Å². The number of carboxylic acid groups (broad SMARTS) is 1. The maximum absolute atomic E-state index is 14.4. The maximum atomic E-state index is 14.4. The van der Waals surface area contributed by atoms with Crippen LogP contribution < -0.4 is 126 Å². The van der Waals surface area contributed by atoms with Crippen LogP contribution in [0.15, 0.2) is 24.3 Å². The van der Waals surface area contributed by atoms with Crippen molar-refractivity contribution in [2.24, 2.45) is 57.7 Å². The number of carboxylic acids is 1. The number of nitrogens with one attached hydrogen (secondary N) is 16. The summed E-state index contributed by atoms with van der Waals surface area (Å²) in [6.45, 7) is 9.52. The minimum absolute atomic E-state index is 0.0760. The first kappa shape index (κ1) is 110. The van der Waals surface area contributed by atoms with Gasteiger partial charge in [0.2, 0.25) is 94.5 Å². The Hall–Kier alpha value is -10.4. The molecule has 0 radical (unpaired) electrons. The number of hydrogen-bond donors (Lipinski definition) is 31. The van der Waals surface area contributed by atoms with Gasteiger partial charge in [0.15, 0.2) is 5.96 Å². The number of aliphatic hydroxyl groups excluding tert-OH is 3. The van der Waals surface area contributed by atoms with Crippen LogP contribution in [0.25, 0.3) is 0 Å². The number of primary amides is 1. The number of aromatic hydroxyl groups is 1. The highest BCUT2D eigenvalue weighted by Gasteiger charge is 2.45. The van der Waals surface area contributed by atoms with Gasteiger partial charge < -0.3 is 156 Å². The zero-order valence-electron chi connectivity index (χ0n) is 71.0. The van der Waals surface area contributed by atoms with Gasteiger partial charge >= 0.3 is 5.97 Å². The van der Waals surface area contributed by atoms with E-state index in [0.717, 1.165) is 18.7 Å². The molecule has 1 aliphatic heterocycles. The number of phenols is 1. The van der Waals surface area contributed by atoms with Gasteiger partial charge in [-0.1, -0.05) is 46.2 Å². The van der Waals surface area contributed by atoms with E-state index in [1.54, 1.807) is 27.7 Å². The van der Waals surface area contributed by atoms with Crippen LogP contribution in [0.2, 0.25) is 0 Å². The van der Waals surface area contributed by atoms with Gasteiger partial charge in [-0.25, -0.2) is 4.79 Å². The van der Waals surface area contributed by atoms with Crippen LogP contribution in [0.1, 0.15) is 138 Å². The van der Waals surface area contributed by atoms with E-state index >= 15 is 0 Å². The van der Waals surface area contributed by atoms with Crippen LogP contribution >= 0.6 is 25.3 Å². The number of amides is 16. The van der Waals surface area contributed by atoms with E-state index in [-0.39, 0.29) is 121 Å². The monoisotopic (exact) mass is 1800 g/mol. The largest absolute Gasteiger partial charge is 0.508 e. The second-order valence-electron chi connectivity index (χ2n) is 31.0. The highest BCUT2D eigenvalue weighted by molar-refractivity contribution is 7.81. The smallest absolute Gasteiger partial charge is 0.326 e. The summed E-state index contributed by atoms with van der Waals surface area (Å²) in [6.07, 6.45) is -5.17. The van der Waals surface area contributed by atoms with Crippen LogP contribution in [0, 0.1) is 17.2 Å². The van der Waals surface area contributed by atoms with Gasteiger partial charge in [0.1, 0.15) is 96.4 Å². The Kier molecular flexibility index (Phi) is 48.7. The number of phenolic OH excluding ortho intramolecular Hbond substituents is 1. The van der Waals surface area contributed by atoms with E-state index in [2.05, 4.69) is 105 Å². The topological polar surface area (TPSA) is 807 Å². The standard InChI is InChI=1S/C75H131N25O22S2/c1-9-36(4)55(97-68(116)52-30-41(104)32-100(52)72(120)54(82)35(2)3)69(117)99-57(75(7,8)124)71(119)86-37(5)58(106)95-50(33-101)66(114)93-48(31-53(81)105)65(113)88-43(14-12-28-85-74(83)84)60(108)91-47(22-27-80)64(112)98-56(38(6)102)70(118)92-46(21-26-79)62(110)87-42(13-10-11-23-76)59(107)89-44(19-24-77)61(109)90-45(20-25-78)63(111)96-51(34-123)67(115)94-49(73(121)122)29-39-15-17-40(103)18-16-39/h15-18,35-38,41-52,54-57,101-104,123-124H,9-14,19-34,76-80,82H2,1-8H3,(H2,81,105)(H,86,119)(H,87,110)(H,88,113)(H,89,107)(H,90,109)(H,91,108)(H,92,118)(H,93,114)(H,94,115)(H,95,106)(H,96,111)(H,97,116)(H,98,112)(H,99,117)(H,121,122)(H4,83,84,85)/t36-,37-,38+,41+,42-,43-,44-,45-,46+,47-,48-,49-,50-,51-,52-,54-,55-,56-,57+/m0/s1. The molecule has 1 aromatic rings. The highest BCUT2D eigenvalue weighted by atomic mass is 32.1. The quantitative estimate of drug-likeness (QED) is 0.0125. The lowest BCUT2D eigenvalue weighted by Gasteiger charge is -2.34. The van der Waals surface area contributed by atoms with E-state index in [1.807, 2.05) is 0 Å². The minimum Gasteiger partial charge on any atom is -0.508 e. The first-order chi connectivity index (χ1) is 58.2. The number of nitrogens with zero attached hydrogens (tertiary/aromatic N) is 1. The second-order valence-corrected chi connectivity index (χ2v) is 32.5. The fraction of sp³-hybridized carbons (Fsp3) is 0.680. The van der Waals surface area contributed by atoms with Crippen LogP contribution in [-0.4, -0.2) is 309 Å². The molecule has 0 aliphatic carbocycles. The number of aliphatic carboxylic acids is 1. The molecule has 49 heteroatoms. The normalized spacial score (nSPS) is 17.3. The first-order valence-corrected chi connectivity index (χ1v) is 41.8. The molecule has 0 saturated carbocycles. The lowest BCUT2D eigenvalue weighted by molar-refractivity contribution is -0.142. The van der Waals surface area contributed by atoms with E-state index in [9.17, 15) is 107 Å².